The van der Waals surface area contributed by atoms with E-state index in [1.165, 1.54) is 12.8 Å². The van der Waals surface area contributed by atoms with E-state index in [0.29, 0.717) is 32.6 Å². The minimum absolute atomic E-state index is 0.00496. The standard InChI is InChI=1S/C13H23N3O3/c1-2-12(3-4-12)9-15-11(17)13(10(14)16-18)5-7-19-8-6-13/h18H,2-9H2,1H3,(H2,14,16)(H,15,17). The first-order valence-electron chi connectivity index (χ1n) is 6.93. The van der Waals surface area contributed by atoms with Gasteiger partial charge in [-0.2, -0.15) is 0 Å². The Kier molecular flexibility index (Phi) is 3.99. The van der Waals surface area contributed by atoms with E-state index < -0.39 is 5.41 Å². The molecule has 19 heavy (non-hydrogen) atoms. The van der Waals surface area contributed by atoms with E-state index in [0.717, 1.165) is 6.42 Å². The minimum atomic E-state index is -0.906. The zero-order valence-electron chi connectivity index (χ0n) is 11.4. The Morgan fingerprint density at radius 1 is 1.37 bits per heavy atom. The van der Waals surface area contributed by atoms with Crippen LogP contribution in [0.15, 0.2) is 5.16 Å². The summed E-state index contributed by atoms with van der Waals surface area (Å²) in [5, 5.41) is 15.0. The number of nitrogens with two attached hydrogens (primary N) is 1. The van der Waals surface area contributed by atoms with E-state index in [1.54, 1.807) is 0 Å². The first-order chi connectivity index (χ1) is 9.08. The largest absolute Gasteiger partial charge is 0.409 e. The van der Waals surface area contributed by atoms with Crippen LogP contribution in [-0.2, 0) is 9.53 Å². The predicted molar refractivity (Wildman–Crippen MR) is 70.9 cm³/mol. The van der Waals surface area contributed by atoms with Crippen molar-refractivity contribution in [2.24, 2.45) is 21.7 Å². The molecule has 0 aromatic heterocycles. The molecule has 6 nitrogen and oxygen atoms in total. The number of hydrogen-bond donors (Lipinski definition) is 3. The van der Waals surface area contributed by atoms with Gasteiger partial charge in [0.2, 0.25) is 5.91 Å². The Bertz CT molecular complexity index is 371. The summed E-state index contributed by atoms with van der Waals surface area (Å²) in [5.41, 5.74) is 5.13. The van der Waals surface area contributed by atoms with Gasteiger partial charge in [0.15, 0.2) is 5.84 Å². The smallest absolute Gasteiger partial charge is 0.234 e. The first kappa shape index (κ1) is 14.1. The monoisotopic (exact) mass is 269 g/mol. The summed E-state index contributed by atoms with van der Waals surface area (Å²) >= 11 is 0. The summed E-state index contributed by atoms with van der Waals surface area (Å²) < 4.78 is 5.28. The van der Waals surface area contributed by atoms with Crippen LogP contribution < -0.4 is 11.1 Å². The number of rotatable bonds is 5. The second kappa shape index (κ2) is 5.36. The van der Waals surface area contributed by atoms with E-state index in [9.17, 15) is 4.79 Å². The zero-order chi connectivity index (χ0) is 13.9. The summed E-state index contributed by atoms with van der Waals surface area (Å²) in [6.07, 6.45) is 4.35. The van der Waals surface area contributed by atoms with Crippen molar-refractivity contribution in [1.29, 1.82) is 0 Å². The van der Waals surface area contributed by atoms with Crippen LogP contribution in [0.25, 0.3) is 0 Å². The molecule has 0 radical (unpaired) electrons. The van der Waals surface area contributed by atoms with Gasteiger partial charge in [0.05, 0.1) is 0 Å². The predicted octanol–water partition coefficient (Wildman–Crippen LogP) is 0.836. The number of amides is 1. The molecule has 2 fully saturated rings. The molecule has 1 aliphatic heterocycles. The van der Waals surface area contributed by atoms with Crippen molar-refractivity contribution in [3.8, 4) is 0 Å². The number of hydrogen-bond acceptors (Lipinski definition) is 4. The zero-order valence-corrected chi connectivity index (χ0v) is 11.4. The molecule has 0 spiro atoms. The van der Waals surface area contributed by atoms with E-state index in [4.69, 9.17) is 15.7 Å². The van der Waals surface area contributed by atoms with Crippen molar-refractivity contribution in [2.45, 2.75) is 39.0 Å². The molecule has 1 amide bonds. The minimum Gasteiger partial charge on any atom is -0.409 e. The van der Waals surface area contributed by atoms with Crippen molar-refractivity contribution in [3.05, 3.63) is 0 Å². The molecule has 2 aliphatic rings. The third-order valence-electron chi connectivity index (χ3n) is 4.71. The van der Waals surface area contributed by atoms with Crippen molar-refractivity contribution >= 4 is 11.7 Å². The summed E-state index contributed by atoms with van der Waals surface area (Å²) in [4.78, 5) is 12.5. The lowest BCUT2D eigenvalue weighted by molar-refractivity contribution is -0.131. The lowest BCUT2D eigenvalue weighted by Crippen LogP contribution is -2.53. The molecule has 0 aromatic rings. The maximum atomic E-state index is 12.5. The van der Waals surface area contributed by atoms with Gasteiger partial charge >= 0.3 is 0 Å². The molecule has 1 heterocycles. The fourth-order valence-electron chi connectivity index (χ4n) is 2.68. The van der Waals surface area contributed by atoms with Crippen LogP contribution in [0.1, 0.15) is 39.0 Å². The number of ether oxygens (including phenoxy) is 1. The molecule has 108 valence electrons. The average molecular weight is 269 g/mol. The Labute approximate surface area is 113 Å². The molecular weight excluding hydrogens is 246 g/mol. The normalized spacial score (nSPS) is 24.8. The maximum Gasteiger partial charge on any atom is 0.234 e. The fourth-order valence-corrected chi connectivity index (χ4v) is 2.68. The number of nitrogens with one attached hydrogen (secondary N) is 1. The Morgan fingerprint density at radius 2 is 2.00 bits per heavy atom. The van der Waals surface area contributed by atoms with Gasteiger partial charge in [-0.25, -0.2) is 0 Å². The summed E-state index contributed by atoms with van der Waals surface area (Å²) in [5.74, 6) is -0.138. The summed E-state index contributed by atoms with van der Waals surface area (Å²) in [6, 6.07) is 0. The van der Waals surface area contributed by atoms with Crippen molar-refractivity contribution < 1.29 is 14.7 Å². The second-order valence-corrected chi connectivity index (χ2v) is 5.72. The molecule has 4 N–H and O–H groups in total. The number of nitrogens with zero attached hydrogens (tertiary/aromatic N) is 1. The molecule has 1 saturated carbocycles. The van der Waals surface area contributed by atoms with E-state index in [1.807, 2.05) is 0 Å². The number of oxime groups is 1. The maximum absolute atomic E-state index is 12.5. The number of carbonyl (C=O) groups is 1. The van der Waals surface area contributed by atoms with Gasteiger partial charge in [0, 0.05) is 19.8 Å². The van der Waals surface area contributed by atoms with Crippen LogP contribution >= 0.6 is 0 Å². The van der Waals surface area contributed by atoms with E-state index in [2.05, 4.69) is 17.4 Å². The highest BCUT2D eigenvalue weighted by atomic mass is 16.5. The van der Waals surface area contributed by atoms with Crippen molar-refractivity contribution in [1.82, 2.24) is 5.32 Å². The summed E-state index contributed by atoms with van der Waals surface area (Å²) in [7, 11) is 0. The van der Waals surface area contributed by atoms with Crippen molar-refractivity contribution in [2.75, 3.05) is 19.8 Å². The highest BCUT2D eigenvalue weighted by molar-refractivity contribution is 6.06. The number of amidine groups is 1. The van der Waals surface area contributed by atoms with Crippen LogP contribution in [-0.4, -0.2) is 36.7 Å². The molecule has 0 unspecified atom stereocenters. The quantitative estimate of drug-likeness (QED) is 0.298. The Morgan fingerprint density at radius 3 is 2.47 bits per heavy atom. The lowest BCUT2D eigenvalue weighted by atomic mass is 9.78. The molecule has 2 rings (SSSR count). The Hall–Kier alpha value is -1.30. The van der Waals surface area contributed by atoms with Gasteiger partial charge in [-0.3, -0.25) is 4.79 Å². The van der Waals surface area contributed by atoms with Gasteiger partial charge in [-0.1, -0.05) is 12.1 Å². The van der Waals surface area contributed by atoms with Gasteiger partial charge in [0.25, 0.3) is 0 Å². The third kappa shape index (κ3) is 2.68. The average Bonchev–Trinajstić information content (AvgIpc) is 3.25. The highest BCUT2D eigenvalue weighted by Crippen LogP contribution is 2.48. The molecular formula is C13H23N3O3. The molecule has 1 aliphatic carbocycles. The molecule has 0 aromatic carbocycles. The van der Waals surface area contributed by atoms with Crippen LogP contribution in [0.2, 0.25) is 0 Å². The van der Waals surface area contributed by atoms with Crippen LogP contribution in [0, 0.1) is 10.8 Å². The van der Waals surface area contributed by atoms with Gasteiger partial charge < -0.3 is 21.0 Å². The molecule has 0 bridgehead atoms. The van der Waals surface area contributed by atoms with Crippen LogP contribution in [0.5, 0.6) is 0 Å². The first-order valence-corrected chi connectivity index (χ1v) is 6.93. The lowest BCUT2D eigenvalue weighted by Gasteiger charge is -2.34. The van der Waals surface area contributed by atoms with Gasteiger partial charge in [-0.15, -0.1) is 0 Å². The molecule has 0 atom stereocenters. The Balaban J connectivity index is 2.03. The third-order valence-corrected chi connectivity index (χ3v) is 4.71. The van der Waals surface area contributed by atoms with Crippen LogP contribution in [0.3, 0.4) is 0 Å². The van der Waals surface area contributed by atoms with E-state index >= 15 is 0 Å². The SMILES string of the molecule is CCC1(CNC(=O)C2(C(N)=NO)CCOCC2)CC1. The second-order valence-electron chi connectivity index (χ2n) is 5.72. The van der Waals surface area contributed by atoms with E-state index in [-0.39, 0.29) is 17.2 Å². The summed E-state index contributed by atoms with van der Waals surface area (Å²) in [6.45, 7) is 3.75. The van der Waals surface area contributed by atoms with Crippen molar-refractivity contribution in [3.63, 3.8) is 0 Å². The molecule has 6 heteroatoms. The highest BCUT2D eigenvalue weighted by Gasteiger charge is 2.46. The van der Waals surface area contributed by atoms with Gasteiger partial charge in [0.1, 0.15) is 5.41 Å². The number of carbonyl (C=O) groups excluding carboxylic acids is 1. The van der Waals surface area contributed by atoms with Crippen LogP contribution in [0.4, 0.5) is 0 Å². The van der Waals surface area contributed by atoms with Gasteiger partial charge in [-0.05, 0) is 37.5 Å². The topological polar surface area (TPSA) is 96.9 Å². The molecule has 1 saturated heterocycles. The fraction of sp³-hybridized carbons (Fsp3) is 0.846.